The molecule has 1 aliphatic carbocycles. The Hall–Kier alpha value is -4.06. The Labute approximate surface area is 317 Å². The van der Waals surface area contributed by atoms with Crippen LogP contribution in [0.5, 0.6) is 0 Å². The number of benzene rings is 4. The van der Waals surface area contributed by atoms with Crippen molar-refractivity contribution in [1.82, 2.24) is 0 Å². The van der Waals surface area contributed by atoms with Gasteiger partial charge in [-0.15, -0.1) is 0 Å². The molecule has 0 spiro atoms. The molecular formula is C42H43ClN2O6S2. The topological polar surface area (TPSA) is 118 Å². The van der Waals surface area contributed by atoms with Gasteiger partial charge < -0.3 is 9.45 Å². The molecular weight excluding hydrogens is 728 g/mol. The van der Waals surface area contributed by atoms with Crippen molar-refractivity contribution in [2.75, 3.05) is 17.2 Å². The van der Waals surface area contributed by atoms with Gasteiger partial charge in [0.25, 0.3) is 10.1 Å². The number of allylic oxidation sites excluding steroid dienone is 7. The molecule has 4 aromatic carbocycles. The van der Waals surface area contributed by atoms with Gasteiger partial charge in [0.05, 0.1) is 11.2 Å². The maximum absolute atomic E-state index is 12.8. The van der Waals surface area contributed by atoms with Gasteiger partial charge in [-0.05, 0) is 89.6 Å². The molecule has 7 rings (SSSR count). The maximum Gasteiger partial charge on any atom is 0.266 e. The Morgan fingerprint density at radius 2 is 1.53 bits per heavy atom. The molecule has 4 aromatic rings. The van der Waals surface area contributed by atoms with Crippen LogP contribution < -0.4 is 4.90 Å². The van der Waals surface area contributed by atoms with Crippen molar-refractivity contribution >= 4 is 71.0 Å². The highest BCUT2D eigenvalue weighted by molar-refractivity contribution is 7.86. The monoisotopic (exact) mass is 770 g/mol. The van der Waals surface area contributed by atoms with E-state index in [-0.39, 0.29) is 13.0 Å². The summed E-state index contributed by atoms with van der Waals surface area (Å²) in [6.07, 6.45) is 11.6. The van der Waals surface area contributed by atoms with Crippen LogP contribution in [0.2, 0.25) is 0 Å². The van der Waals surface area contributed by atoms with Crippen molar-refractivity contribution in [3.63, 3.8) is 0 Å². The third-order valence-electron chi connectivity index (χ3n) is 10.8. The summed E-state index contributed by atoms with van der Waals surface area (Å²) in [5.74, 6) is -0.423. The Morgan fingerprint density at radius 1 is 0.887 bits per heavy atom. The van der Waals surface area contributed by atoms with Gasteiger partial charge in [0.2, 0.25) is 11.1 Å². The van der Waals surface area contributed by atoms with E-state index in [1.165, 1.54) is 0 Å². The second-order valence-corrected chi connectivity index (χ2v) is 18.7. The number of halogens is 1. The first-order valence-corrected chi connectivity index (χ1v) is 21.3. The minimum Gasteiger partial charge on any atom is -0.743 e. The predicted octanol–water partition coefficient (Wildman–Crippen LogP) is 8.99. The molecule has 276 valence electrons. The molecule has 3 aliphatic rings. The minimum atomic E-state index is -4.74. The van der Waals surface area contributed by atoms with Crippen molar-refractivity contribution in [2.45, 2.75) is 69.6 Å². The molecule has 1 unspecified atom stereocenters. The average molecular weight is 771 g/mol. The predicted molar refractivity (Wildman–Crippen MR) is 214 cm³/mol. The van der Waals surface area contributed by atoms with E-state index in [0.717, 1.165) is 73.7 Å². The first-order chi connectivity index (χ1) is 25.0. The standard InChI is InChI=1S/C42H43ClN2O6S2/c1-41(2)27-45(34-22-19-28-11-5-7-16-32(28)38(34)41)37(53(49,50)51)18-10-15-30-13-9-14-31(40(30)43)21-24-36-42(3,4)39-33-17-8-6-12-29(33)20-23-35(39)44(36)25-26-52(46,47)48/h5-8,10-12,15-17,19-24,27,37H,9,13-14,18,25-26H2,1-4H3,(H-,46,47,48,49,50,51)/b15-10+,31-21-,36-24-. The van der Waals surface area contributed by atoms with Crippen molar-refractivity contribution in [1.29, 1.82) is 0 Å². The third kappa shape index (κ3) is 7.03. The lowest BCUT2D eigenvalue weighted by molar-refractivity contribution is -0.452. The van der Waals surface area contributed by atoms with Crippen molar-refractivity contribution in [3.8, 4) is 0 Å². The summed E-state index contributed by atoms with van der Waals surface area (Å²) in [7, 11) is -8.95. The number of anilines is 1. The highest BCUT2D eigenvalue weighted by atomic mass is 35.5. The van der Waals surface area contributed by atoms with Gasteiger partial charge in [0.1, 0.15) is 0 Å². The van der Waals surface area contributed by atoms with Crippen LogP contribution in [0.3, 0.4) is 0 Å². The van der Waals surface area contributed by atoms with Crippen LogP contribution in [0, 0.1) is 0 Å². The molecule has 8 nitrogen and oxygen atoms in total. The molecule has 0 saturated carbocycles. The summed E-state index contributed by atoms with van der Waals surface area (Å²) < 4.78 is 73.4. The molecule has 0 aromatic heterocycles. The molecule has 0 fully saturated rings. The van der Waals surface area contributed by atoms with Gasteiger partial charge in [0, 0.05) is 46.4 Å². The second-order valence-electron chi connectivity index (χ2n) is 15.2. The van der Waals surface area contributed by atoms with E-state index in [2.05, 4.69) is 26.0 Å². The lowest BCUT2D eigenvalue weighted by Crippen LogP contribution is -2.31. The minimum absolute atomic E-state index is 0.0232. The zero-order valence-corrected chi connectivity index (χ0v) is 32.6. The summed E-state index contributed by atoms with van der Waals surface area (Å²) >= 11 is 7.03. The summed E-state index contributed by atoms with van der Waals surface area (Å²) in [6.45, 7) is 8.36. The van der Waals surface area contributed by atoms with Gasteiger partial charge in [-0.25, -0.2) is 8.42 Å². The maximum atomic E-state index is 12.8. The largest absolute Gasteiger partial charge is 0.743 e. The van der Waals surface area contributed by atoms with Crippen LogP contribution in [0.1, 0.15) is 64.5 Å². The number of hydrogen-bond donors (Lipinski definition) is 1. The van der Waals surface area contributed by atoms with E-state index in [4.69, 9.17) is 11.6 Å². The molecule has 1 atom stereocenters. The molecule has 1 N–H and O–H groups in total. The molecule has 2 heterocycles. The second kappa shape index (κ2) is 13.7. The van der Waals surface area contributed by atoms with E-state index >= 15 is 0 Å². The van der Waals surface area contributed by atoms with E-state index in [9.17, 15) is 25.9 Å². The fourth-order valence-electron chi connectivity index (χ4n) is 8.44. The van der Waals surface area contributed by atoms with E-state index in [0.29, 0.717) is 11.5 Å². The number of rotatable bonds is 9. The Balaban J connectivity index is 1.20. The highest BCUT2D eigenvalue weighted by Crippen LogP contribution is 2.51. The molecule has 0 saturated heterocycles. The third-order valence-corrected chi connectivity index (χ3v) is 13.1. The summed E-state index contributed by atoms with van der Waals surface area (Å²) in [4.78, 5) is 1.97. The van der Waals surface area contributed by atoms with Crippen LogP contribution in [-0.4, -0.2) is 54.4 Å². The first-order valence-electron chi connectivity index (χ1n) is 17.8. The lowest BCUT2D eigenvalue weighted by Gasteiger charge is -2.27. The van der Waals surface area contributed by atoms with Crippen LogP contribution in [0.25, 0.3) is 21.5 Å². The quantitative estimate of drug-likeness (QED) is 0.133. The number of hydrogen-bond acceptors (Lipinski definition) is 6. The van der Waals surface area contributed by atoms with Crippen LogP contribution in [0.4, 0.5) is 11.4 Å². The Kier molecular flexibility index (Phi) is 9.60. The van der Waals surface area contributed by atoms with Gasteiger partial charge in [-0.2, -0.15) is 13.0 Å². The Bertz CT molecular complexity index is 2550. The van der Waals surface area contributed by atoms with Gasteiger partial charge in [0.15, 0.2) is 16.3 Å². The lowest BCUT2D eigenvalue weighted by atomic mass is 9.81. The Morgan fingerprint density at radius 3 is 2.19 bits per heavy atom. The summed E-state index contributed by atoms with van der Waals surface area (Å²) in [5.41, 5.74) is 5.35. The fourth-order valence-corrected chi connectivity index (χ4v) is 9.97. The van der Waals surface area contributed by atoms with Crippen LogP contribution in [-0.2, 0) is 31.1 Å². The highest BCUT2D eigenvalue weighted by Gasteiger charge is 2.44. The molecule has 0 amide bonds. The number of nitrogens with zero attached hydrogens (tertiary/aromatic N) is 2. The smallest absolute Gasteiger partial charge is 0.266 e. The van der Waals surface area contributed by atoms with Gasteiger partial charge in [-0.1, -0.05) is 98.3 Å². The molecule has 0 bridgehead atoms. The molecule has 53 heavy (non-hydrogen) atoms. The summed E-state index contributed by atoms with van der Waals surface area (Å²) in [6, 6.07) is 24.0. The zero-order valence-electron chi connectivity index (χ0n) is 30.2. The molecule has 11 heteroatoms. The average Bonchev–Trinajstić information content (AvgIpc) is 3.50. The van der Waals surface area contributed by atoms with Crippen molar-refractivity contribution in [3.05, 3.63) is 130 Å². The molecule has 2 aliphatic heterocycles. The first kappa shape index (κ1) is 37.3. The zero-order chi connectivity index (χ0) is 37.9. The summed E-state index contributed by atoms with van der Waals surface area (Å²) in [5, 5.41) is 3.48. The van der Waals surface area contributed by atoms with Crippen LogP contribution >= 0.6 is 11.6 Å². The molecule has 0 radical (unpaired) electrons. The normalized spacial score (nSPS) is 20.5. The van der Waals surface area contributed by atoms with Crippen LogP contribution in [0.15, 0.2) is 119 Å². The van der Waals surface area contributed by atoms with Crippen molar-refractivity contribution < 1.29 is 30.5 Å². The van der Waals surface area contributed by atoms with Gasteiger partial charge in [-0.3, -0.25) is 4.55 Å². The van der Waals surface area contributed by atoms with E-state index in [1.54, 1.807) is 10.7 Å². The van der Waals surface area contributed by atoms with E-state index in [1.807, 2.05) is 104 Å². The fraction of sp³-hybridized carbons (Fsp3) is 0.310. The van der Waals surface area contributed by atoms with Gasteiger partial charge >= 0.3 is 0 Å². The van der Waals surface area contributed by atoms with E-state index < -0.39 is 42.2 Å². The number of fused-ring (bicyclic) bond motifs is 6. The SMILES string of the molecule is CC1(C)C=[N+](C(C/C=C/C2=C(Cl)C(=C\C=C3/N(CCS(=O)(=O)O)c4ccc5ccccc5c4C3(C)C)/CCC2)S(=O)(=O)[O-])c2ccc3ccccc3c21. The van der Waals surface area contributed by atoms with Crippen molar-refractivity contribution in [2.24, 2.45) is 0 Å².